The number of ether oxygens (including phenoxy) is 1. The maximum absolute atomic E-state index is 14.2. The van der Waals surface area contributed by atoms with E-state index in [2.05, 4.69) is 5.32 Å². The number of unbranched alkanes of at least 4 members (excludes halogenated alkanes) is 1. The second-order valence-corrected chi connectivity index (χ2v) is 5.41. The van der Waals surface area contributed by atoms with E-state index in [0.717, 1.165) is 19.3 Å². The predicted octanol–water partition coefficient (Wildman–Crippen LogP) is 4.25. The number of methoxy groups -OCH3 is 1. The maximum atomic E-state index is 14.2. The number of halogens is 2. The number of hydrogen-bond donors (Lipinski definition) is 1. The van der Waals surface area contributed by atoms with Gasteiger partial charge in [-0.1, -0.05) is 30.7 Å². The Kier molecular flexibility index (Phi) is 8.31. The van der Waals surface area contributed by atoms with Crippen LogP contribution in [0, 0.1) is 5.82 Å². The molecule has 0 saturated carbocycles. The predicted molar refractivity (Wildman–Crippen MR) is 82.9 cm³/mol. The number of carbonyl (C=O) groups is 1. The molecule has 1 aromatic carbocycles. The highest BCUT2D eigenvalue weighted by atomic mass is 35.5. The maximum Gasteiger partial charge on any atom is 0.220 e. The Morgan fingerprint density at radius 3 is 2.86 bits per heavy atom. The number of carbonyl (C=O) groups excluding carboxylic acids is 1. The summed E-state index contributed by atoms with van der Waals surface area (Å²) in [5, 5.41) is 2.98. The average Bonchev–Trinajstić information content (AvgIpc) is 2.45. The van der Waals surface area contributed by atoms with Gasteiger partial charge in [0, 0.05) is 25.7 Å². The highest BCUT2D eigenvalue weighted by molar-refractivity contribution is 6.30. The van der Waals surface area contributed by atoms with Crippen molar-refractivity contribution in [3.63, 3.8) is 0 Å². The van der Waals surface area contributed by atoms with E-state index in [1.165, 1.54) is 6.07 Å². The molecule has 0 fully saturated rings. The lowest BCUT2D eigenvalue weighted by molar-refractivity contribution is -0.121. The van der Waals surface area contributed by atoms with E-state index in [-0.39, 0.29) is 17.0 Å². The summed E-state index contributed by atoms with van der Waals surface area (Å²) >= 11 is 5.83. The number of rotatable bonds is 9. The standard InChI is InChI=1S/C16H23ClFNO2/c1-3-7-15(20)19-14(10-4-5-11-21-2)12-8-6-9-13(17)16(12)18/h6,8-9,14H,3-5,7,10-11H2,1-2H3,(H,19,20). The zero-order valence-corrected chi connectivity index (χ0v) is 13.4. The molecule has 1 rings (SSSR count). The molecular formula is C16H23ClFNO2. The molecule has 0 aliphatic rings. The van der Waals surface area contributed by atoms with E-state index in [4.69, 9.17) is 16.3 Å². The van der Waals surface area contributed by atoms with E-state index >= 15 is 0 Å². The van der Waals surface area contributed by atoms with Crippen molar-refractivity contribution in [2.75, 3.05) is 13.7 Å². The average molecular weight is 316 g/mol. The molecule has 118 valence electrons. The summed E-state index contributed by atoms with van der Waals surface area (Å²) < 4.78 is 19.2. The molecule has 0 bridgehead atoms. The number of benzene rings is 1. The Labute approximate surface area is 130 Å². The van der Waals surface area contributed by atoms with Crippen LogP contribution >= 0.6 is 11.6 Å². The highest BCUT2D eigenvalue weighted by Gasteiger charge is 2.19. The SMILES string of the molecule is CCCC(=O)NC(CCCCOC)c1cccc(Cl)c1F. The van der Waals surface area contributed by atoms with E-state index in [9.17, 15) is 9.18 Å². The van der Waals surface area contributed by atoms with Crippen LogP contribution in [-0.2, 0) is 9.53 Å². The van der Waals surface area contributed by atoms with Gasteiger partial charge in [0.25, 0.3) is 0 Å². The monoisotopic (exact) mass is 315 g/mol. The molecule has 5 heteroatoms. The van der Waals surface area contributed by atoms with Crippen LogP contribution in [0.25, 0.3) is 0 Å². The number of nitrogens with one attached hydrogen (secondary N) is 1. The molecule has 0 radical (unpaired) electrons. The first-order valence-corrected chi connectivity index (χ1v) is 7.70. The summed E-state index contributed by atoms with van der Waals surface area (Å²) in [4.78, 5) is 11.8. The van der Waals surface area contributed by atoms with Gasteiger partial charge in [-0.15, -0.1) is 0 Å². The minimum absolute atomic E-state index is 0.0615. The molecule has 3 nitrogen and oxygen atoms in total. The van der Waals surface area contributed by atoms with Gasteiger partial charge < -0.3 is 10.1 Å². The topological polar surface area (TPSA) is 38.3 Å². The first kappa shape index (κ1) is 17.9. The smallest absolute Gasteiger partial charge is 0.220 e. The fourth-order valence-corrected chi connectivity index (χ4v) is 2.37. The first-order valence-electron chi connectivity index (χ1n) is 7.32. The number of hydrogen-bond acceptors (Lipinski definition) is 2. The van der Waals surface area contributed by atoms with Crippen molar-refractivity contribution in [1.29, 1.82) is 0 Å². The minimum atomic E-state index is -0.451. The van der Waals surface area contributed by atoms with Gasteiger partial charge in [-0.3, -0.25) is 4.79 Å². The fourth-order valence-electron chi connectivity index (χ4n) is 2.18. The molecule has 1 unspecified atom stereocenters. The van der Waals surface area contributed by atoms with Crippen LogP contribution in [0.2, 0.25) is 5.02 Å². The third-order valence-corrected chi connectivity index (χ3v) is 3.55. The molecule has 0 aliphatic carbocycles. The van der Waals surface area contributed by atoms with Crippen molar-refractivity contribution in [2.24, 2.45) is 0 Å². The normalized spacial score (nSPS) is 12.2. The van der Waals surface area contributed by atoms with Crippen LogP contribution in [-0.4, -0.2) is 19.6 Å². The third kappa shape index (κ3) is 6.02. The number of amides is 1. The summed E-state index contributed by atoms with van der Waals surface area (Å²) in [7, 11) is 1.65. The molecule has 0 aromatic heterocycles. The van der Waals surface area contributed by atoms with E-state index in [1.807, 2.05) is 6.92 Å². The van der Waals surface area contributed by atoms with Crippen LogP contribution < -0.4 is 5.32 Å². The van der Waals surface area contributed by atoms with Gasteiger partial charge in [0.1, 0.15) is 5.82 Å². The van der Waals surface area contributed by atoms with Gasteiger partial charge in [-0.25, -0.2) is 4.39 Å². The second kappa shape index (κ2) is 9.74. The molecule has 0 saturated heterocycles. The highest BCUT2D eigenvalue weighted by Crippen LogP contribution is 2.27. The summed E-state index contributed by atoms with van der Waals surface area (Å²) in [5.74, 6) is -0.513. The van der Waals surface area contributed by atoms with Crippen LogP contribution in [0.15, 0.2) is 18.2 Å². The van der Waals surface area contributed by atoms with Crippen molar-refractivity contribution in [3.05, 3.63) is 34.6 Å². The van der Waals surface area contributed by atoms with E-state index in [0.29, 0.717) is 25.0 Å². The summed E-state index contributed by atoms with van der Waals surface area (Å²) in [6, 6.07) is 4.54. The largest absolute Gasteiger partial charge is 0.385 e. The van der Waals surface area contributed by atoms with Crippen molar-refractivity contribution in [3.8, 4) is 0 Å². The van der Waals surface area contributed by atoms with E-state index < -0.39 is 5.82 Å². The Bertz CT molecular complexity index is 454. The summed E-state index contributed by atoms with van der Waals surface area (Å²) in [5.41, 5.74) is 0.448. The lowest BCUT2D eigenvalue weighted by atomic mass is 10.00. The second-order valence-electron chi connectivity index (χ2n) is 5.00. The molecule has 1 atom stereocenters. The molecule has 21 heavy (non-hydrogen) atoms. The van der Waals surface area contributed by atoms with Gasteiger partial charge in [0.05, 0.1) is 11.1 Å². The van der Waals surface area contributed by atoms with Gasteiger partial charge in [-0.05, 0) is 31.7 Å². The van der Waals surface area contributed by atoms with Gasteiger partial charge in [0.15, 0.2) is 0 Å². The Morgan fingerprint density at radius 2 is 2.19 bits per heavy atom. The Morgan fingerprint density at radius 1 is 1.43 bits per heavy atom. The molecule has 0 spiro atoms. The van der Waals surface area contributed by atoms with Crippen LogP contribution in [0.4, 0.5) is 4.39 Å². The van der Waals surface area contributed by atoms with Gasteiger partial charge in [0.2, 0.25) is 5.91 Å². The quantitative estimate of drug-likeness (QED) is 0.692. The van der Waals surface area contributed by atoms with Crippen LogP contribution in [0.1, 0.15) is 50.6 Å². The molecular weight excluding hydrogens is 293 g/mol. The summed E-state index contributed by atoms with van der Waals surface area (Å²) in [6.45, 7) is 2.60. The minimum Gasteiger partial charge on any atom is -0.385 e. The molecule has 1 aromatic rings. The zero-order chi connectivity index (χ0) is 15.7. The van der Waals surface area contributed by atoms with E-state index in [1.54, 1.807) is 19.2 Å². The fraction of sp³-hybridized carbons (Fsp3) is 0.562. The van der Waals surface area contributed by atoms with Crippen LogP contribution in [0.5, 0.6) is 0 Å². The van der Waals surface area contributed by atoms with Crippen molar-refractivity contribution in [1.82, 2.24) is 5.32 Å². The Balaban J connectivity index is 2.79. The Hall–Kier alpha value is -1.13. The first-order chi connectivity index (χ1) is 10.1. The lowest BCUT2D eigenvalue weighted by Crippen LogP contribution is -2.29. The lowest BCUT2D eigenvalue weighted by Gasteiger charge is -2.20. The van der Waals surface area contributed by atoms with Crippen molar-refractivity contribution < 1.29 is 13.9 Å². The summed E-state index contributed by atoms with van der Waals surface area (Å²) in [6.07, 6.45) is 3.59. The van der Waals surface area contributed by atoms with Crippen molar-refractivity contribution in [2.45, 2.75) is 45.1 Å². The third-order valence-electron chi connectivity index (χ3n) is 3.26. The molecule has 1 amide bonds. The van der Waals surface area contributed by atoms with Crippen molar-refractivity contribution >= 4 is 17.5 Å². The van der Waals surface area contributed by atoms with Gasteiger partial charge in [-0.2, -0.15) is 0 Å². The van der Waals surface area contributed by atoms with Crippen LogP contribution in [0.3, 0.4) is 0 Å². The molecule has 0 heterocycles. The zero-order valence-electron chi connectivity index (χ0n) is 12.6. The van der Waals surface area contributed by atoms with Gasteiger partial charge >= 0.3 is 0 Å². The molecule has 1 N–H and O–H groups in total. The molecule has 0 aliphatic heterocycles.